The molecule has 102 valence electrons. The number of methoxy groups -OCH3 is 1. The molecular weight excluding hydrogens is 216 g/mol. The quantitative estimate of drug-likeness (QED) is 0.664. The average Bonchev–Trinajstić information content (AvgIpc) is 2.81. The highest BCUT2D eigenvalue weighted by atomic mass is 16.5. The van der Waals surface area contributed by atoms with Crippen LogP contribution in [0.5, 0.6) is 0 Å². The molecule has 1 aliphatic carbocycles. The molecule has 0 saturated heterocycles. The van der Waals surface area contributed by atoms with Crippen molar-refractivity contribution in [1.29, 1.82) is 0 Å². The van der Waals surface area contributed by atoms with Crippen molar-refractivity contribution in [2.75, 3.05) is 33.3 Å². The zero-order valence-electron chi connectivity index (χ0n) is 11.5. The number of aliphatic hydroxyl groups is 1. The lowest BCUT2D eigenvalue weighted by atomic mass is 10.2. The number of ether oxygens (including phenoxy) is 1. The SMILES string of the molecule is CCN(CC)CC(O)CNC1CCC(OC)C1. The van der Waals surface area contributed by atoms with Crippen molar-refractivity contribution in [3.05, 3.63) is 0 Å². The Hall–Kier alpha value is -0.160. The highest BCUT2D eigenvalue weighted by Crippen LogP contribution is 2.21. The normalized spacial score (nSPS) is 26.6. The van der Waals surface area contributed by atoms with Crippen molar-refractivity contribution in [3.63, 3.8) is 0 Å². The third kappa shape index (κ3) is 5.34. The highest BCUT2D eigenvalue weighted by Gasteiger charge is 2.24. The molecule has 0 aromatic rings. The first-order chi connectivity index (χ1) is 8.19. The Morgan fingerprint density at radius 2 is 2.06 bits per heavy atom. The van der Waals surface area contributed by atoms with Crippen LogP contribution in [0.3, 0.4) is 0 Å². The fourth-order valence-electron chi connectivity index (χ4n) is 2.49. The second-order valence-electron chi connectivity index (χ2n) is 4.92. The molecule has 0 aromatic carbocycles. The van der Waals surface area contributed by atoms with E-state index in [0.717, 1.165) is 38.9 Å². The van der Waals surface area contributed by atoms with Gasteiger partial charge in [0.25, 0.3) is 0 Å². The first-order valence-corrected chi connectivity index (χ1v) is 6.86. The van der Waals surface area contributed by atoms with Crippen molar-refractivity contribution in [2.24, 2.45) is 0 Å². The van der Waals surface area contributed by atoms with Crippen LogP contribution in [0.15, 0.2) is 0 Å². The van der Waals surface area contributed by atoms with Gasteiger partial charge in [-0.2, -0.15) is 0 Å². The summed E-state index contributed by atoms with van der Waals surface area (Å²) in [5, 5.41) is 13.4. The Balaban J connectivity index is 2.13. The molecule has 17 heavy (non-hydrogen) atoms. The minimum absolute atomic E-state index is 0.267. The molecule has 2 N–H and O–H groups in total. The van der Waals surface area contributed by atoms with Crippen LogP contribution in [-0.2, 0) is 4.74 Å². The molecule has 1 rings (SSSR count). The number of aliphatic hydroxyl groups excluding tert-OH is 1. The molecule has 3 unspecified atom stereocenters. The zero-order valence-corrected chi connectivity index (χ0v) is 11.5. The van der Waals surface area contributed by atoms with Gasteiger partial charge in [-0.05, 0) is 32.4 Å². The Morgan fingerprint density at radius 3 is 2.59 bits per heavy atom. The number of nitrogens with zero attached hydrogens (tertiary/aromatic N) is 1. The molecule has 0 heterocycles. The van der Waals surface area contributed by atoms with E-state index in [-0.39, 0.29) is 6.10 Å². The Labute approximate surface area is 105 Å². The zero-order chi connectivity index (χ0) is 12.7. The van der Waals surface area contributed by atoms with Crippen LogP contribution >= 0.6 is 0 Å². The van der Waals surface area contributed by atoms with Crippen LogP contribution < -0.4 is 5.32 Å². The number of nitrogens with one attached hydrogen (secondary N) is 1. The first-order valence-electron chi connectivity index (χ1n) is 6.86. The van der Waals surface area contributed by atoms with E-state index < -0.39 is 0 Å². The van der Waals surface area contributed by atoms with E-state index in [1.165, 1.54) is 0 Å². The molecule has 0 amide bonds. The van der Waals surface area contributed by atoms with Crippen molar-refractivity contribution < 1.29 is 9.84 Å². The summed E-state index contributed by atoms with van der Waals surface area (Å²) in [5.41, 5.74) is 0. The Kier molecular flexibility index (Phi) is 7.04. The number of hydrogen-bond acceptors (Lipinski definition) is 4. The van der Waals surface area contributed by atoms with Crippen LogP contribution in [0.4, 0.5) is 0 Å². The largest absolute Gasteiger partial charge is 0.390 e. The lowest BCUT2D eigenvalue weighted by Crippen LogP contribution is -2.41. The van der Waals surface area contributed by atoms with Gasteiger partial charge in [0.2, 0.25) is 0 Å². The fourth-order valence-corrected chi connectivity index (χ4v) is 2.49. The topological polar surface area (TPSA) is 44.7 Å². The van der Waals surface area contributed by atoms with Gasteiger partial charge in [-0.3, -0.25) is 0 Å². The number of hydrogen-bond donors (Lipinski definition) is 2. The van der Waals surface area contributed by atoms with Crippen molar-refractivity contribution in [3.8, 4) is 0 Å². The van der Waals surface area contributed by atoms with Crippen molar-refractivity contribution >= 4 is 0 Å². The van der Waals surface area contributed by atoms with E-state index in [4.69, 9.17) is 4.74 Å². The van der Waals surface area contributed by atoms with Crippen LogP contribution in [0.1, 0.15) is 33.1 Å². The van der Waals surface area contributed by atoms with E-state index in [1.54, 1.807) is 7.11 Å². The van der Waals surface area contributed by atoms with Crippen LogP contribution in [0, 0.1) is 0 Å². The molecule has 0 aliphatic heterocycles. The molecule has 0 radical (unpaired) electrons. The smallest absolute Gasteiger partial charge is 0.0791 e. The van der Waals surface area contributed by atoms with E-state index in [9.17, 15) is 5.11 Å². The van der Waals surface area contributed by atoms with E-state index >= 15 is 0 Å². The number of rotatable bonds is 8. The summed E-state index contributed by atoms with van der Waals surface area (Å²) in [6, 6.07) is 0.520. The van der Waals surface area contributed by atoms with Gasteiger partial charge >= 0.3 is 0 Å². The predicted molar refractivity (Wildman–Crippen MR) is 70.2 cm³/mol. The Morgan fingerprint density at radius 1 is 1.35 bits per heavy atom. The lowest BCUT2D eigenvalue weighted by molar-refractivity contribution is 0.101. The minimum atomic E-state index is -0.267. The van der Waals surface area contributed by atoms with Gasteiger partial charge in [0, 0.05) is 26.2 Å². The molecule has 1 fully saturated rings. The first kappa shape index (κ1) is 14.9. The highest BCUT2D eigenvalue weighted by molar-refractivity contribution is 4.82. The van der Waals surface area contributed by atoms with Crippen molar-refractivity contribution in [2.45, 2.75) is 51.4 Å². The monoisotopic (exact) mass is 244 g/mol. The molecule has 4 nitrogen and oxygen atoms in total. The molecule has 0 bridgehead atoms. The third-order valence-corrected chi connectivity index (χ3v) is 3.72. The summed E-state index contributed by atoms with van der Waals surface area (Å²) < 4.78 is 5.34. The molecule has 0 aromatic heterocycles. The summed E-state index contributed by atoms with van der Waals surface area (Å²) in [4.78, 5) is 2.25. The Bertz CT molecular complexity index is 198. The summed E-state index contributed by atoms with van der Waals surface area (Å²) >= 11 is 0. The summed E-state index contributed by atoms with van der Waals surface area (Å²) in [5.74, 6) is 0. The van der Waals surface area contributed by atoms with Gasteiger partial charge in [-0.1, -0.05) is 13.8 Å². The van der Waals surface area contributed by atoms with Crippen molar-refractivity contribution in [1.82, 2.24) is 10.2 Å². The standard InChI is InChI=1S/C13H28N2O2/c1-4-15(5-2)10-12(16)9-14-11-6-7-13(8-11)17-3/h11-14,16H,4-10H2,1-3H3. The van der Waals surface area contributed by atoms with Crippen LogP contribution in [-0.4, -0.2) is 61.5 Å². The second-order valence-corrected chi connectivity index (χ2v) is 4.92. The van der Waals surface area contributed by atoms with Gasteiger partial charge in [-0.15, -0.1) is 0 Å². The number of likely N-dealkylation sites (N-methyl/N-ethyl adjacent to an activating group) is 1. The van der Waals surface area contributed by atoms with E-state index in [2.05, 4.69) is 24.1 Å². The maximum Gasteiger partial charge on any atom is 0.0791 e. The lowest BCUT2D eigenvalue weighted by Gasteiger charge is -2.23. The average molecular weight is 244 g/mol. The van der Waals surface area contributed by atoms with Gasteiger partial charge in [-0.25, -0.2) is 0 Å². The van der Waals surface area contributed by atoms with E-state index in [0.29, 0.717) is 18.7 Å². The van der Waals surface area contributed by atoms with Gasteiger partial charge in [0.05, 0.1) is 12.2 Å². The van der Waals surface area contributed by atoms with Crippen LogP contribution in [0.25, 0.3) is 0 Å². The summed E-state index contributed by atoms with van der Waals surface area (Å²) in [7, 11) is 1.78. The van der Waals surface area contributed by atoms with E-state index in [1.807, 2.05) is 0 Å². The van der Waals surface area contributed by atoms with Gasteiger partial charge < -0.3 is 20.1 Å². The molecule has 1 saturated carbocycles. The maximum atomic E-state index is 9.93. The third-order valence-electron chi connectivity index (χ3n) is 3.72. The molecule has 3 atom stereocenters. The molecular formula is C13H28N2O2. The predicted octanol–water partition coefficient (Wildman–Crippen LogP) is 0.846. The summed E-state index contributed by atoms with van der Waals surface area (Å²) in [6.45, 7) is 7.72. The molecule has 0 spiro atoms. The molecule has 1 aliphatic rings. The minimum Gasteiger partial charge on any atom is -0.390 e. The second kappa shape index (κ2) is 8.03. The van der Waals surface area contributed by atoms with Gasteiger partial charge in [0.15, 0.2) is 0 Å². The van der Waals surface area contributed by atoms with Gasteiger partial charge in [0.1, 0.15) is 0 Å². The van der Waals surface area contributed by atoms with Crippen LogP contribution in [0.2, 0.25) is 0 Å². The molecule has 4 heteroatoms. The summed E-state index contributed by atoms with van der Waals surface area (Å²) in [6.07, 6.45) is 3.52. The maximum absolute atomic E-state index is 9.93. The fraction of sp³-hybridized carbons (Fsp3) is 1.00.